The van der Waals surface area contributed by atoms with Crippen LogP contribution in [0.3, 0.4) is 0 Å². The SMILES string of the molecule is CNC(=O)c1ccc(/C=C/C(=O)NC(C)c2oc3ccccc3c2C)cc1. The van der Waals surface area contributed by atoms with Crippen molar-refractivity contribution in [2.24, 2.45) is 0 Å². The highest BCUT2D eigenvalue weighted by Gasteiger charge is 2.17. The van der Waals surface area contributed by atoms with Gasteiger partial charge >= 0.3 is 0 Å². The van der Waals surface area contributed by atoms with Gasteiger partial charge in [0.15, 0.2) is 0 Å². The van der Waals surface area contributed by atoms with Crippen molar-refractivity contribution in [3.63, 3.8) is 0 Å². The molecule has 0 aliphatic heterocycles. The van der Waals surface area contributed by atoms with Gasteiger partial charge in [0.05, 0.1) is 6.04 Å². The van der Waals surface area contributed by atoms with Crippen molar-refractivity contribution in [2.75, 3.05) is 7.05 Å². The molecule has 138 valence electrons. The summed E-state index contributed by atoms with van der Waals surface area (Å²) in [4.78, 5) is 23.8. The summed E-state index contributed by atoms with van der Waals surface area (Å²) in [6.07, 6.45) is 3.19. The maximum Gasteiger partial charge on any atom is 0.251 e. The Morgan fingerprint density at radius 1 is 1.07 bits per heavy atom. The summed E-state index contributed by atoms with van der Waals surface area (Å²) >= 11 is 0. The van der Waals surface area contributed by atoms with Crippen molar-refractivity contribution < 1.29 is 14.0 Å². The zero-order chi connectivity index (χ0) is 19.4. The van der Waals surface area contributed by atoms with Crippen molar-refractivity contribution in [3.05, 3.63) is 77.1 Å². The summed E-state index contributed by atoms with van der Waals surface area (Å²) in [5.74, 6) is 0.406. The molecule has 2 N–H and O–H groups in total. The Labute approximate surface area is 158 Å². The lowest BCUT2D eigenvalue weighted by Crippen LogP contribution is -2.24. The van der Waals surface area contributed by atoms with Crippen molar-refractivity contribution in [1.82, 2.24) is 10.6 Å². The maximum atomic E-state index is 12.2. The summed E-state index contributed by atoms with van der Waals surface area (Å²) in [5, 5.41) is 6.55. The van der Waals surface area contributed by atoms with Gasteiger partial charge in [-0.15, -0.1) is 0 Å². The van der Waals surface area contributed by atoms with Gasteiger partial charge in [0.2, 0.25) is 5.91 Å². The fourth-order valence-electron chi connectivity index (χ4n) is 3.00. The molecule has 0 fully saturated rings. The van der Waals surface area contributed by atoms with E-state index >= 15 is 0 Å². The van der Waals surface area contributed by atoms with E-state index in [1.54, 1.807) is 37.4 Å². The van der Waals surface area contributed by atoms with E-state index in [2.05, 4.69) is 10.6 Å². The fourth-order valence-corrected chi connectivity index (χ4v) is 3.00. The zero-order valence-electron chi connectivity index (χ0n) is 15.6. The van der Waals surface area contributed by atoms with Crippen molar-refractivity contribution in [3.8, 4) is 0 Å². The van der Waals surface area contributed by atoms with E-state index in [0.29, 0.717) is 5.56 Å². The number of fused-ring (bicyclic) bond motifs is 1. The van der Waals surface area contributed by atoms with Crippen LogP contribution in [0.15, 0.2) is 59.0 Å². The molecule has 1 heterocycles. The third-order valence-electron chi connectivity index (χ3n) is 4.46. The predicted molar refractivity (Wildman–Crippen MR) is 106 cm³/mol. The van der Waals surface area contributed by atoms with Crippen LogP contribution in [0.25, 0.3) is 17.0 Å². The van der Waals surface area contributed by atoms with E-state index in [4.69, 9.17) is 4.42 Å². The summed E-state index contributed by atoms with van der Waals surface area (Å²) in [7, 11) is 1.59. The Morgan fingerprint density at radius 2 is 1.78 bits per heavy atom. The van der Waals surface area contributed by atoms with Gasteiger partial charge in [-0.1, -0.05) is 30.3 Å². The normalized spacial score (nSPS) is 12.3. The average molecular weight is 362 g/mol. The first-order valence-electron chi connectivity index (χ1n) is 8.78. The van der Waals surface area contributed by atoms with Gasteiger partial charge in [-0.3, -0.25) is 9.59 Å². The molecule has 0 bridgehead atoms. The first-order chi connectivity index (χ1) is 13.0. The molecular weight excluding hydrogens is 340 g/mol. The molecule has 3 aromatic rings. The number of nitrogens with one attached hydrogen (secondary N) is 2. The van der Waals surface area contributed by atoms with Gasteiger partial charge in [0.25, 0.3) is 5.91 Å². The number of rotatable bonds is 5. The van der Waals surface area contributed by atoms with E-state index in [1.165, 1.54) is 6.08 Å². The summed E-state index contributed by atoms with van der Waals surface area (Å²) in [6, 6.07) is 14.6. The Morgan fingerprint density at radius 3 is 2.44 bits per heavy atom. The quantitative estimate of drug-likeness (QED) is 0.674. The van der Waals surface area contributed by atoms with Gasteiger partial charge < -0.3 is 15.1 Å². The lowest BCUT2D eigenvalue weighted by atomic mass is 10.1. The summed E-state index contributed by atoms with van der Waals surface area (Å²) < 4.78 is 5.89. The molecule has 0 aliphatic carbocycles. The number of hydrogen-bond acceptors (Lipinski definition) is 3. The summed E-state index contributed by atoms with van der Waals surface area (Å²) in [6.45, 7) is 3.89. The minimum Gasteiger partial charge on any atom is -0.459 e. The molecule has 0 radical (unpaired) electrons. The zero-order valence-corrected chi connectivity index (χ0v) is 15.6. The van der Waals surface area contributed by atoms with Crippen molar-refractivity contribution in [1.29, 1.82) is 0 Å². The first kappa shape index (κ1) is 18.5. The highest BCUT2D eigenvalue weighted by Crippen LogP contribution is 2.29. The molecule has 0 saturated heterocycles. The molecule has 3 rings (SSSR count). The van der Waals surface area contributed by atoms with Crippen LogP contribution in [0.2, 0.25) is 0 Å². The number of amides is 2. The lowest BCUT2D eigenvalue weighted by molar-refractivity contribution is -0.117. The molecule has 0 spiro atoms. The third-order valence-corrected chi connectivity index (χ3v) is 4.46. The van der Waals surface area contributed by atoms with Gasteiger partial charge in [0, 0.05) is 29.6 Å². The first-order valence-corrected chi connectivity index (χ1v) is 8.78. The monoisotopic (exact) mass is 362 g/mol. The molecule has 0 aliphatic rings. The fraction of sp³-hybridized carbons (Fsp3) is 0.182. The van der Waals surface area contributed by atoms with Crippen molar-refractivity contribution in [2.45, 2.75) is 19.9 Å². The van der Waals surface area contributed by atoms with E-state index in [0.717, 1.165) is 27.9 Å². The molecule has 2 aromatic carbocycles. The Bertz CT molecular complexity index is 1000. The van der Waals surface area contributed by atoms with Gasteiger partial charge in [0.1, 0.15) is 11.3 Å². The molecule has 1 unspecified atom stereocenters. The minimum atomic E-state index is -0.245. The second kappa shape index (κ2) is 7.91. The number of carbonyl (C=O) groups excluding carboxylic acids is 2. The molecular formula is C22H22N2O3. The average Bonchev–Trinajstić information content (AvgIpc) is 3.03. The molecule has 2 amide bonds. The molecule has 5 heteroatoms. The van der Waals surface area contributed by atoms with Crippen LogP contribution in [0.5, 0.6) is 0 Å². The summed E-state index contributed by atoms with van der Waals surface area (Å²) in [5.41, 5.74) is 3.27. The second-order valence-electron chi connectivity index (χ2n) is 6.35. The number of benzene rings is 2. The number of furan rings is 1. The number of aryl methyl sites for hydroxylation is 1. The van der Waals surface area contributed by atoms with Crippen LogP contribution in [0, 0.1) is 6.92 Å². The third kappa shape index (κ3) is 4.08. The molecule has 0 saturated carbocycles. The molecule has 1 aromatic heterocycles. The number of para-hydroxylation sites is 1. The van der Waals surface area contributed by atoms with E-state index in [9.17, 15) is 9.59 Å². The topological polar surface area (TPSA) is 71.3 Å². The smallest absolute Gasteiger partial charge is 0.251 e. The molecule has 27 heavy (non-hydrogen) atoms. The van der Waals surface area contributed by atoms with E-state index in [-0.39, 0.29) is 17.9 Å². The Hall–Kier alpha value is -3.34. The van der Waals surface area contributed by atoms with Crippen LogP contribution in [0.4, 0.5) is 0 Å². The standard InChI is InChI=1S/C22H22N2O3/c1-14-18-6-4-5-7-19(18)27-21(14)15(2)24-20(25)13-10-16-8-11-17(12-9-16)22(26)23-3/h4-13,15H,1-3H3,(H,23,26)(H,24,25)/b13-10+. The highest BCUT2D eigenvalue weighted by molar-refractivity contribution is 5.95. The molecule has 1 atom stereocenters. The van der Waals surface area contributed by atoms with Gasteiger partial charge in [-0.2, -0.15) is 0 Å². The van der Waals surface area contributed by atoms with E-state index < -0.39 is 0 Å². The second-order valence-corrected chi connectivity index (χ2v) is 6.35. The van der Waals surface area contributed by atoms with Crippen LogP contribution >= 0.6 is 0 Å². The van der Waals surface area contributed by atoms with Crippen LogP contribution in [-0.2, 0) is 4.79 Å². The number of carbonyl (C=O) groups is 2. The van der Waals surface area contributed by atoms with Gasteiger partial charge in [-0.25, -0.2) is 0 Å². The highest BCUT2D eigenvalue weighted by atomic mass is 16.3. The van der Waals surface area contributed by atoms with Crippen LogP contribution in [0.1, 0.15) is 40.2 Å². The van der Waals surface area contributed by atoms with E-state index in [1.807, 2.05) is 38.1 Å². The van der Waals surface area contributed by atoms with Crippen LogP contribution < -0.4 is 10.6 Å². The lowest BCUT2D eigenvalue weighted by Gasteiger charge is -2.10. The van der Waals surface area contributed by atoms with Crippen molar-refractivity contribution >= 4 is 28.9 Å². The maximum absolute atomic E-state index is 12.2. The Kier molecular flexibility index (Phi) is 5.41. The van der Waals surface area contributed by atoms with Crippen LogP contribution in [-0.4, -0.2) is 18.9 Å². The van der Waals surface area contributed by atoms with Gasteiger partial charge in [-0.05, 0) is 43.7 Å². The minimum absolute atomic E-state index is 0.140. The number of hydrogen-bond donors (Lipinski definition) is 2. The predicted octanol–water partition coefficient (Wildman–Crippen LogP) is 3.99. The molecule has 5 nitrogen and oxygen atoms in total. The largest absolute Gasteiger partial charge is 0.459 e. The Balaban J connectivity index is 1.66.